The van der Waals surface area contributed by atoms with Crippen LogP contribution >= 0.6 is 0 Å². The molecule has 1 aromatic carbocycles. The summed E-state index contributed by atoms with van der Waals surface area (Å²) in [6, 6.07) is 3.21. The minimum absolute atomic E-state index is 0.0695. The first-order valence-corrected chi connectivity index (χ1v) is 7.61. The lowest BCUT2D eigenvalue weighted by molar-refractivity contribution is -0.201. The van der Waals surface area contributed by atoms with E-state index in [9.17, 15) is 24.9 Å². The number of aromatic hydroxyl groups is 2. The predicted molar refractivity (Wildman–Crippen MR) is 85.5 cm³/mol. The van der Waals surface area contributed by atoms with Crippen LogP contribution in [0.4, 0.5) is 0 Å². The summed E-state index contributed by atoms with van der Waals surface area (Å²) in [7, 11) is 2.66. The van der Waals surface area contributed by atoms with Crippen molar-refractivity contribution in [3.05, 3.63) is 34.2 Å². The molecule has 0 spiro atoms. The highest BCUT2D eigenvalue weighted by atomic mass is 16.5. The van der Waals surface area contributed by atoms with Gasteiger partial charge >= 0.3 is 0 Å². The molecule has 3 N–H and O–H groups in total. The molecule has 0 radical (unpaired) electrons. The molecule has 0 aliphatic heterocycles. The SMILES string of the molecule is CO[C@@H]1CC(=O)C[C@@H](OC)C1(O)c1cc(=O)c2c(O)cc(O)cc2o1. The van der Waals surface area contributed by atoms with E-state index in [1.807, 2.05) is 0 Å². The zero-order chi connectivity index (χ0) is 18.4. The summed E-state index contributed by atoms with van der Waals surface area (Å²) in [5.74, 6) is -1.06. The molecule has 8 heteroatoms. The number of ether oxygens (including phenoxy) is 2. The maximum Gasteiger partial charge on any atom is 0.196 e. The van der Waals surface area contributed by atoms with Crippen LogP contribution in [-0.2, 0) is 19.9 Å². The van der Waals surface area contributed by atoms with Gasteiger partial charge < -0.3 is 29.2 Å². The summed E-state index contributed by atoms with van der Waals surface area (Å²) in [6.45, 7) is 0. The van der Waals surface area contributed by atoms with Crippen LogP contribution < -0.4 is 5.43 Å². The molecule has 3 rings (SSSR count). The summed E-state index contributed by atoms with van der Waals surface area (Å²) < 4.78 is 16.1. The molecule has 0 saturated heterocycles. The summed E-state index contributed by atoms with van der Waals surface area (Å²) in [5, 5.41) is 30.6. The van der Waals surface area contributed by atoms with E-state index in [1.165, 1.54) is 14.2 Å². The molecule has 0 amide bonds. The Hall–Kier alpha value is -2.42. The number of ketones is 1. The topological polar surface area (TPSA) is 126 Å². The molecule has 1 saturated carbocycles. The van der Waals surface area contributed by atoms with Crippen LogP contribution in [0, 0.1) is 0 Å². The van der Waals surface area contributed by atoms with Crippen molar-refractivity contribution in [1.82, 2.24) is 0 Å². The number of hydrogen-bond donors (Lipinski definition) is 3. The minimum Gasteiger partial charge on any atom is -0.508 e. The van der Waals surface area contributed by atoms with Crippen molar-refractivity contribution < 1.29 is 34.0 Å². The lowest BCUT2D eigenvalue weighted by Gasteiger charge is -2.42. The van der Waals surface area contributed by atoms with Crippen LogP contribution in [0.15, 0.2) is 27.4 Å². The van der Waals surface area contributed by atoms with Crippen molar-refractivity contribution in [1.29, 1.82) is 0 Å². The van der Waals surface area contributed by atoms with Crippen LogP contribution in [0.25, 0.3) is 11.0 Å². The smallest absolute Gasteiger partial charge is 0.196 e. The molecule has 2 atom stereocenters. The summed E-state index contributed by atoms with van der Waals surface area (Å²) in [4.78, 5) is 24.3. The van der Waals surface area contributed by atoms with Gasteiger partial charge in [0.05, 0.1) is 0 Å². The zero-order valence-corrected chi connectivity index (χ0v) is 13.7. The van der Waals surface area contributed by atoms with Crippen molar-refractivity contribution in [3.63, 3.8) is 0 Å². The van der Waals surface area contributed by atoms with Gasteiger partial charge in [0.15, 0.2) is 11.0 Å². The molecule has 1 fully saturated rings. The normalized spacial score (nSPS) is 23.1. The summed E-state index contributed by atoms with van der Waals surface area (Å²) >= 11 is 0. The molecular weight excluding hydrogens is 332 g/mol. The Labute approximate surface area is 142 Å². The second-order valence-corrected chi connectivity index (χ2v) is 6.03. The average molecular weight is 350 g/mol. The number of carbonyl (C=O) groups is 1. The van der Waals surface area contributed by atoms with Crippen molar-refractivity contribution in [2.24, 2.45) is 0 Å². The number of methoxy groups -OCH3 is 2. The number of phenols is 2. The highest BCUT2D eigenvalue weighted by Gasteiger charge is 2.53. The van der Waals surface area contributed by atoms with E-state index in [1.54, 1.807) is 0 Å². The average Bonchev–Trinajstić information content (AvgIpc) is 2.55. The van der Waals surface area contributed by atoms with E-state index in [0.29, 0.717) is 0 Å². The van der Waals surface area contributed by atoms with Crippen LogP contribution in [0.1, 0.15) is 18.6 Å². The number of carbonyl (C=O) groups excluding carboxylic acids is 1. The van der Waals surface area contributed by atoms with Gasteiger partial charge in [-0.05, 0) is 0 Å². The minimum atomic E-state index is -1.88. The Morgan fingerprint density at radius 1 is 1.08 bits per heavy atom. The zero-order valence-electron chi connectivity index (χ0n) is 13.7. The van der Waals surface area contributed by atoms with Gasteiger partial charge in [-0.3, -0.25) is 9.59 Å². The fourth-order valence-electron chi connectivity index (χ4n) is 3.31. The van der Waals surface area contributed by atoms with E-state index >= 15 is 0 Å². The lowest BCUT2D eigenvalue weighted by atomic mass is 9.77. The third kappa shape index (κ3) is 2.68. The molecule has 1 heterocycles. The standard InChI is InChI=1S/C17H18O8/c1-23-13-5-9(19)6-14(24-2)17(13,22)15-7-11(21)16-10(20)3-8(18)4-12(16)25-15/h3-4,7,13-14,18,20,22H,5-6H2,1-2H3/t13-,14-/m1/s1. The predicted octanol–water partition coefficient (Wildman–Crippen LogP) is 0.785. The van der Waals surface area contributed by atoms with E-state index in [2.05, 4.69) is 0 Å². The Morgan fingerprint density at radius 3 is 2.24 bits per heavy atom. The fourth-order valence-corrected chi connectivity index (χ4v) is 3.31. The van der Waals surface area contributed by atoms with Crippen molar-refractivity contribution >= 4 is 16.8 Å². The third-order valence-electron chi connectivity index (χ3n) is 4.57. The second-order valence-electron chi connectivity index (χ2n) is 6.03. The van der Waals surface area contributed by atoms with E-state index in [0.717, 1.165) is 18.2 Å². The number of aliphatic hydroxyl groups is 1. The van der Waals surface area contributed by atoms with Crippen LogP contribution in [0.3, 0.4) is 0 Å². The maximum absolute atomic E-state index is 12.4. The largest absolute Gasteiger partial charge is 0.508 e. The number of benzene rings is 1. The Bertz CT molecular complexity index is 868. The first kappa shape index (κ1) is 17.4. The van der Waals surface area contributed by atoms with E-state index in [4.69, 9.17) is 13.9 Å². The highest BCUT2D eigenvalue weighted by Crippen LogP contribution is 2.40. The van der Waals surface area contributed by atoms with Gasteiger partial charge in [-0.2, -0.15) is 0 Å². The molecular formula is C17H18O8. The quantitative estimate of drug-likeness (QED) is 0.741. The van der Waals surface area contributed by atoms with Crippen LogP contribution in [-0.4, -0.2) is 47.5 Å². The molecule has 1 aromatic heterocycles. The molecule has 134 valence electrons. The van der Waals surface area contributed by atoms with Gasteiger partial charge in [0.25, 0.3) is 0 Å². The molecule has 1 aliphatic rings. The highest BCUT2D eigenvalue weighted by molar-refractivity contribution is 5.85. The first-order chi connectivity index (χ1) is 11.8. The molecule has 2 aromatic rings. The number of phenolic OH excluding ortho intramolecular Hbond substituents is 2. The van der Waals surface area contributed by atoms with Crippen molar-refractivity contribution in [2.75, 3.05) is 14.2 Å². The van der Waals surface area contributed by atoms with Gasteiger partial charge in [-0.1, -0.05) is 0 Å². The third-order valence-corrected chi connectivity index (χ3v) is 4.57. The second kappa shape index (κ2) is 6.14. The molecule has 0 bridgehead atoms. The summed E-state index contributed by atoms with van der Waals surface area (Å²) in [5.41, 5.74) is -2.59. The number of fused-ring (bicyclic) bond motifs is 1. The van der Waals surface area contributed by atoms with Gasteiger partial charge in [0.2, 0.25) is 0 Å². The van der Waals surface area contributed by atoms with Crippen LogP contribution in [0.5, 0.6) is 11.5 Å². The Balaban J connectivity index is 2.25. The maximum atomic E-state index is 12.4. The van der Waals surface area contributed by atoms with Gasteiger partial charge in [0, 0.05) is 45.3 Å². The van der Waals surface area contributed by atoms with Crippen molar-refractivity contribution in [3.8, 4) is 11.5 Å². The Kier molecular flexibility index (Phi) is 4.28. The van der Waals surface area contributed by atoms with Crippen molar-refractivity contribution in [2.45, 2.75) is 30.7 Å². The monoisotopic (exact) mass is 350 g/mol. The fraction of sp³-hybridized carbons (Fsp3) is 0.412. The molecule has 8 nitrogen and oxygen atoms in total. The Morgan fingerprint density at radius 2 is 1.68 bits per heavy atom. The molecule has 1 aliphatic carbocycles. The lowest BCUT2D eigenvalue weighted by Crippen LogP contribution is -2.56. The first-order valence-electron chi connectivity index (χ1n) is 7.61. The van der Waals surface area contributed by atoms with E-state index < -0.39 is 29.0 Å². The summed E-state index contributed by atoms with van der Waals surface area (Å²) in [6.07, 6.45) is -2.10. The number of hydrogen-bond acceptors (Lipinski definition) is 8. The van der Waals surface area contributed by atoms with E-state index in [-0.39, 0.29) is 41.1 Å². The van der Waals surface area contributed by atoms with Gasteiger partial charge in [0.1, 0.15) is 46.2 Å². The number of rotatable bonds is 3. The molecule has 25 heavy (non-hydrogen) atoms. The molecule has 0 unspecified atom stereocenters. The van der Waals surface area contributed by atoms with Crippen LogP contribution in [0.2, 0.25) is 0 Å². The van der Waals surface area contributed by atoms with Gasteiger partial charge in [-0.25, -0.2) is 0 Å². The number of Topliss-reactive ketones (excluding diaryl/α,β-unsaturated/α-hetero) is 1. The van der Waals surface area contributed by atoms with Gasteiger partial charge in [-0.15, -0.1) is 0 Å².